The lowest BCUT2D eigenvalue weighted by molar-refractivity contribution is 0.102. The second-order valence-electron chi connectivity index (χ2n) is 9.10. The first-order valence-corrected chi connectivity index (χ1v) is 15.2. The van der Waals surface area contributed by atoms with Crippen molar-refractivity contribution in [2.75, 3.05) is 35.9 Å². The number of nitrogens with one attached hydrogen (secondary N) is 1. The summed E-state index contributed by atoms with van der Waals surface area (Å²) in [4.78, 5) is 12.9. The van der Waals surface area contributed by atoms with Gasteiger partial charge in [-0.3, -0.25) is 9.10 Å². The van der Waals surface area contributed by atoms with Gasteiger partial charge in [-0.2, -0.15) is 4.31 Å². The van der Waals surface area contributed by atoms with Crippen LogP contribution in [0.25, 0.3) is 0 Å². The third kappa shape index (κ3) is 6.07. The van der Waals surface area contributed by atoms with Crippen LogP contribution in [0.5, 0.6) is 0 Å². The number of aliphatic hydroxyl groups excluding tert-OH is 1. The average Bonchev–Trinajstić information content (AvgIpc) is 2.93. The molecule has 0 bridgehead atoms. The predicted octanol–water partition coefficient (Wildman–Crippen LogP) is 3.61. The molecule has 1 aliphatic heterocycles. The third-order valence-electron chi connectivity index (χ3n) is 6.39. The van der Waals surface area contributed by atoms with Crippen molar-refractivity contribution in [3.63, 3.8) is 0 Å². The van der Waals surface area contributed by atoms with Crippen LogP contribution in [0.4, 0.5) is 11.4 Å². The minimum Gasteiger partial charge on any atom is -0.394 e. The van der Waals surface area contributed by atoms with Crippen molar-refractivity contribution in [2.24, 2.45) is 0 Å². The van der Waals surface area contributed by atoms with Gasteiger partial charge in [-0.15, -0.1) is 0 Å². The van der Waals surface area contributed by atoms with E-state index in [4.69, 9.17) is 0 Å². The van der Waals surface area contributed by atoms with E-state index in [2.05, 4.69) is 5.32 Å². The molecule has 0 saturated carbocycles. The maximum Gasteiger partial charge on any atom is 0.264 e. The molecule has 0 atom stereocenters. The topological polar surface area (TPSA) is 124 Å². The van der Waals surface area contributed by atoms with E-state index < -0.39 is 26.0 Å². The number of carbonyl (C=O) groups is 1. The molecule has 4 rings (SSSR count). The van der Waals surface area contributed by atoms with E-state index in [1.807, 2.05) is 6.92 Å². The zero-order chi connectivity index (χ0) is 27.3. The van der Waals surface area contributed by atoms with E-state index in [1.54, 1.807) is 24.3 Å². The molecule has 1 fully saturated rings. The number of carbonyl (C=O) groups excluding carboxylic acids is 1. The van der Waals surface area contributed by atoms with Crippen LogP contribution < -0.4 is 9.62 Å². The SMILES string of the molecule is Cc1ccc(N(CCO)S(=O)(=O)c2ccc(NC(=O)c3ccc(S(=O)(=O)N4CCCCC4)cc3)cc2)cc1. The highest BCUT2D eigenvalue weighted by molar-refractivity contribution is 7.92. The van der Waals surface area contributed by atoms with Crippen molar-refractivity contribution in [1.29, 1.82) is 0 Å². The summed E-state index contributed by atoms with van der Waals surface area (Å²) in [6, 6.07) is 18.4. The van der Waals surface area contributed by atoms with Gasteiger partial charge in [-0.1, -0.05) is 24.1 Å². The molecule has 202 valence electrons. The summed E-state index contributed by atoms with van der Waals surface area (Å²) in [5.74, 6) is -0.455. The van der Waals surface area contributed by atoms with Gasteiger partial charge < -0.3 is 10.4 Å². The molecule has 1 aliphatic rings. The molecule has 0 radical (unpaired) electrons. The zero-order valence-corrected chi connectivity index (χ0v) is 22.7. The molecule has 0 aliphatic carbocycles. The number of nitrogens with zero attached hydrogens (tertiary/aromatic N) is 2. The number of benzene rings is 3. The number of piperidine rings is 1. The Bertz CT molecular complexity index is 1470. The van der Waals surface area contributed by atoms with Gasteiger partial charge >= 0.3 is 0 Å². The Hall–Kier alpha value is -3.25. The highest BCUT2D eigenvalue weighted by atomic mass is 32.2. The number of sulfonamides is 2. The van der Waals surface area contributed by atoms with Gasteiger partial charge in [0.1, 0.15) is 0 Å². The van der Waals surface area contributed by atoms with Crippen molar-refractivity contribution >= 4 is 37.3 Å². The molecule has 2 N–H and O–H groups in total. The quantitative estimate of drug-likeness (QED) is 0.414. The lowest BCUT2D eigenvalue weighted by atomic mass is 10.2. The van der Waals surface area contributed by atoms with Crippen molar-refractivity contribution in [3.05, 3.63) is 83.9 Å². The molecule has 1 amide bonds. The largest absolute Gasteiger partial charge is 0.394 e. The smallest absolute Gasteiger partial charge is 0.264 e. The van der Waals surface area contributed by atoms with E-state index in [0.29, 0.717) is 24.5 Å². The lowest BCUT2D eigenvalue weighted by Crippen LogP contribution is -2.35. The van der Waals surface area contributed by atoms with Crippen molar-refractivity contribution < 1.29 is 26.7 Å². The Kier molecular flexibility index (Phi) is 8.51. The Morgan fingerprint density at radius 1 is 0.842 bits per heavy atom. The van der Waals surface area contributed by atoms with Gasteiger partial charge in [0.25, 0.3) is 15.9 Å². The minimum absolute atomic E-state index is 0.0109. The third-order valence-corrected chi connectivity index (χ3v) is 10.1. The van der Waals surface area contributed by atoms with Gasteiger partial charge in [-0.25, -0.2) is 16.8 Å². The van der Waals surface area contributed by atoms with Crippen molar-refractivity contribution in [2.45, 2.75) is 36.0 Å². The molecule has 1 saturated heterocycles. The van der Waals surface area contributed by atoms with Crippen LogP contribution in [0.3, 0.4) is 0 Å². The Morgan fingerprint density at radius 3 is 2.00 bits per heavy atom. The molecule has 9 nitrogen and oxygen atoms in total. The number of hydrogen-bond donors (Lipinski definition) is 2. The summed E-state index contributed by atoms with van der Waals surface area (Å²) in [5, 5.41) is 12.2. The second-order valence-corrected chi connectivity index (χ2v) is 12.9. The van der Waals surface area contributed by atoms with E-state index in [1.165, 1.54) is 52.8 Å². The highest BCUT2D eigenvalue weighted by Gasteiger charge is 2.26. The minimum atomic E-state index is -3.95. The second kappa shape index (κ2) is 11.6. The van der Waals surface area contributed by atoms with Crippen LogP contribution in [0.15, 0.2) is 82.6 Å². The average molecular weight is 558 g/mol. The molecule has 1 heterocycles. The maximum atomic E-state index is 13.3. The van der Waals surface area contributed by atoms with E-state index in [0.717, 1.165) is 29.1 Å². The van der Waals surface area contributed by atoms with Crippen LogP contribution in [-0.4, -0.2) is 58.4 Å². The predicted molar refractivity (Wildman–Crippen MR) is 146 cm³/mol. The van der Waals surface area contributed by atoms with Crippen molar-refractivity contribution in [1.82, 2.24) is 4.31 Å². The van der Waals surface area contributed by atoms with Gasteiger partial charge in [-0.05, 0) is 80.4 Å². The van der Waals surface area contributed by atoms with E-state index >= 15 is 0 Å². The van der Waals surface area contributed by atoms with Gasteiger partial charge in [0.15, 0.2) is 0 Å². The summed E-state index contributed by atoms with van der Waals surface area (Å²) in [6.45, 7) is 2.44. The lowest BCUT2D eigenvalue weighted by Gasteiger charge is -2.25. The molecule has 0 aromatic heterocycles. The first-order valence-electron chi connectivity index (χ1n) is 12.3. The summed E-state index contributed by atoms with van der Waals surface area (Å²) in [7, 11) is -7.55. The maximum absolute atomic E-state index is 13.3. The van der Waals surface area contributed by atoms with Crippen LogP contribution in [0.2, 0.25) is 0 Å². The van der Waals surface area contributed by atoms with Gasteiger partial charge in [0, 0.05) is 24.3 Å². The highest BCUT2D eigenvalue weighted by Crippen LogP contribution is 2.25. The fourth-order valence-corrected chi connectivity index (χ4v) is 7.24. The number of amides is 1. The monoisotopic (exact) mass is 557 g/mol. The van der Waals surface area contributed by atoms with Gasteiger partial charge in [0.2, 0.25) is 10.0 Å². The number of aryl methyl sites for hydroxylation is 1. The Labute approximate surface area is 223 Å². The first-order chi connectivity index (χ1) is 18.1. The van der Waals surface area contributed by atoms with Crippen LogP contribution >= 0.6 is 0 Å². The number of aliphatic hydroxyl groups is 1. The summed E-state index contributed by atoms with van der Waals surface area (Å²) in [5.41, 5.74) is 2.07. The normalized spacial score (nSPS) is 14.7. The Morgan fingerprint density at radius 2 is 1.42 bits per heavy atom. The standard InChI is InChI=1S/C27H31N3O6S2/c1-21-5-11-24(12-6-21)30(19-20-31)38(35,36)26-15-9-23(10-16-26)28-27(32)22-7-13-25(14-8-22)37(33,34)29-17-3-2-4-18-29/h5-16,31H,2-4,17-20H2,1H3,(H,28,32). The molecule has 3 aromatic carbocycles. The summed E-state index contributed by atoms with van der Waals surface area (Å²) >= 11 is 0. The van der Waals surface area contributed by atoms with Crippen LogP contribution in [-0.2, 0) is 20.0 Å². The molecule has 0 spiro atoms. The fourth-order valence-electron chi connectivity index (χ4n) is 4.26. The van der Waals surface area contributed by atoms with Crippen LogP contribution in [0.1, 0.15) is 35.2 Å². The molecule has 11 heteroatoms. The fraction of sp³-hybridized carbons (Fsp3) is 0.296. The van der Waals surface area contributed by atoms with E-state index in [-0.39, 0.29) is 28.5 Å². The molecule has 38 heavy (non-hydrogen) atoms. The summed E-state index contributed by atoms with van der Waals surface area (Å²) < 4.78 is 54.8. The molecular weight excluding hydrogens is 526 g/mol. The number of rotatable bonds is 9. The molecule has 0 unspecified atom stereocenters. The van der Waals surface area contributed by atoms with E-state index in [9.17, 15) is 26.7 Å². The first kappa shape index (κ1) is 27.8. The summed E-state index contributed by atoms with van der Waals surface area (Å²) in [6.07, 6.45) is 2.70. The number of hydrogen-bond acceptors (Lipinski definition) is 6. The number of anilines is 2. The molecular formula is C27H31N3O6S2. The van der Waals surface area contributed by atoms with Crippen molar-refractivity contribution in [3.8, 4) is 0 Å². The zero-order valence-electron chi connectivity index (χ0n) is 21.1. The van der Waals surface area contributed by atoms with Gasteiger partial charge in [0.05, 0.1) is 28.6 Å². The molecule has 3 aromatic rings. The van der Waals surface area contributed by atoms with Crippen LogP contribution in [0, 0.1) is 6.92 Å². The Balaban J connectivity index is 1.46.